The van der Waals surface area contributed by atoms with Crippen LogP contribution >= 0.6 is 0 Å². The summed E-state index contributed by atoms with van der Waals surface area (Å²) in [4.78, 5) is 15.4. The Morgan fingerprint density at radius 2 is 1.76 bits per heavy atom. The second-order valence-corrected chi connectivity index (χ2v) is 10.5. The highest BCUT2D eigenvalue weighted by atomic mass is 32.2. The minimum absolute atomic E-state index is 0.152. The molecular formula is C24H25F2N3O3S. The van der Waals surface area contributed by atoms with E-state index in [-0.39, 0.29) is 6.42 Å². The van der Waals surface area contributed by atoms with Gasteiger partial charge in [-0.05, 0) is 68.7 Å². The molecule has 0 radical (unpaired) electrons. The molecule has 0 spiro atoms. The van der Waals surface area contributed by atoms with Gasteiger partial charge in [-0.1, -0.05) is 18.2 Å². The molecule has 3 N–H and O–H groups in total. The van der Waals surface area contributed by atoms with Crippen LogP contribution in [0.1, 0.15) is 38.1 Å². The van der Waals surface area contributed by atoms with Crippen molar-refractivity contribution in [3.05, 3.63) is 83.7 Å². The maximum Gasteiger partial charge on any atom is 0.409 e. The number of hydrogen-bond donors (Lipinski definition) is 3. The number of rotatable bonds is 7. The number of anilines is 1. The Labute approximate surface area is 194 Å². The molecule has 0 aliphatic heterocycles. The quantitative estimate of drug-likeness (QED) is 0.396. The van der Waals surface area contributed by atoms with Crippen molar-refractivity contribution >= 4 is 23.1 Å². The lowest BCUT2D eigenvalue weighted by atomic mass is 9.96. The highest BCUT2D eigenvalue weighted by molar-refractivity contribution is 7.90. The maximum atomic E-state index is 13.8. The Morgan fingerprint density at radius 1 is 1.12 bits per heavy atom. The monoisotopic (exact) mass is 473 g/mol. The molecule has 1 heterocycles. The fraction of sp³-hybridized carbons (Fsp3) is 0.250. The first-order valence-corrected chi connectivity index (χ1v) is 11.4. The molecule has 9 heteroatoms. The fourth-order valence-corrected chi connectivity index (χ4v) is 4.07. The summed E-state index contributed by atoms with van der Waals surface area (Å²) in [5, 5.41) is 11.2. The summed E-state index contributed by atoms with van der Waals surface area (Å²) < 4.78 is 43.1. The van der Waals surface area contributed by atoms with Crippen LogP contribution < -0.4 is 10.0 Å². The van der Waals surface area contributed by atoms with Gasteiger partial charge in [0.15, 0.2) is 0 Å². The Morgan fingerprint density at radius 3 is 2.33 bits per heavy atom. The molecule has 2 aromatic carbocycles. The molecule has 1 aromatic heterocycles. The normalized spacial score (nSPS) is 13.4. The topological polar surface area (TPSA) is 97.3 Å². The van der Waals surface area contributed by atoms with E-state index in [4.69, 9.17) is 5.11 Å². The van der Waals surface area contributed by atoms with Crippen LogP contribution in [0.5, 0.6) is 0 Å². The number of aromatic nitrogens is 1. The molecule has 174 valence electrons. The number of amides is 1. The van der Waals surface area contributed by atoms with Crippen molar-refractivity contribution < 1.29 is 23.2 Å². The Hall–Kier alpha value is -3.01. The number of nitrogens with one attached hydrogen (secondary N) is 2. The summed E-state index contributed by atoms with van der Waals surface area (Å²) >= 11 is -1.48. The highest BCUT2D eigenvalue weighted by Gasteiger charge is 2.31. The van der Waals surface area contributed by atoms with Crippen molar-refractivity contribution in [3.8, 4) is 11.1 Å². The minimum Gasteiger partial charge on any atom is -0.598 e. The lowest BCUT2D eigenvalue weighted by Gasteiger charge is -2.28. The first-order chi connectivity index (χ1) is 15.5. The van der Waals surface area contributed by atoms with Crippen LogP contribution in [0, 0.1) is 11.6 Å². The van der Waals surface area contributed by atoms with E-state index in [1.807, 2.05) is 26.8 Å². The molecule has 0 fully saturated rings. The van der Waals surface area contributed by atoms with E-state index < -0.39 is 39.9 Å². The summed E-state index contributed by atoms with van der Waals surface area (Å²) in [6.45, 7) is 5.47. The molecule has 3 aromatic rings. The molecule has 3 rings (SSSR count). The zero-order chi connectivity index (χ0) is 24.2. The molecule has 0 saturated carbocycles. The molecule has 0 saturated heterocycles. The number of nitrogens with zero attached hydrogens (tertiary/aromatic N) is 1. The molecule has 33 heavy (non-hydrogen) atoms. The summed E-state index contributed by atoms with van der Waals surface area (Å²) in [6, 6.07) is 13.0. The van der Waals surface area contributed by atoms with Crippen molar-refractivity contribution in [1.29, 1.82) is 0 Å². The Kier molecular flexibility index (Phi) is 7.68. The van der Waals surface area contributed by atoms with E-state index in [9.17, 15) is 18.1 Å². The second-order valence-electron chi connectivity index (χ2n) is 8.48. The number of hydrogen-bond acceptors (Lipinski definition) is 4. The van der Waals surface area contributed by atoms with Crippen LogP contribution in [0.25, 0.3) is 11.1 Å². The third kappa shape index (κ3) is 6.74. The van der Waals surface area contributed by atoms with Gasteiger partial charge in [0.1, 0.15) is 16.4 Å². The van der Waals surface area contributed by atoms with Crippen LogP contribution in [0.2, 0.25) is 0 Å². The van der Waals surface area contributed by atoms with E-state index in [0.29, 0.717) is 16.9 Å². The van der Waals surface area contributed by atoms with E-state index in [1.165, 1.54) is 12.1 Å². The average molecular weight is 474 g/mol. The van der Waals surface area contributed by atoms with Crippen molar-refractivity contribution in [3.63, 3.8) is 0 Å². The third-order valence-electron chi connectivity index (χ3n) is 4.78. The lowest BCUT2D eigenvalue weighted by Crippen LogP contribution is -2.42. The van der Waals surface area contributed by atoms with Crippen LogP contribution in [-0.2, 0) is 17.8 Å². The fourth-order valence-electron chi connectivity index (χ4n) is 3.26. The van der Waals surface area contributed by atoms with E-state index in [1.54, 1.807) is 36.5 Å². The molecule has 2 atom stereocenters. The molecule has 0 unspecified atom stereocenters. The molecule has 6 nitrogen and oxygen atoms in total. The van der Waals surface area contributed by atoms with Gasteiger partial charge in [0.05, 0.1) is 11.7 Å². The van der Waals surface area contributed by atoms with Gasteiger partial charge < -0.3 is 9.66 Å². The minimum atomic E-state index is -1.48. The van der Waals surface area contributed by atoms with Crippen molar-refractivity contribution in [2.75, 3.05) is 5.32 Å². The van der Waals surface area contributed by atoms with Crippen LogP contribution in [0.3, 0.4) is 0 Å². The summed E-state index contributed by atoms with van der Waals surface area (Å²) in [5.74, 6) is -1.38. The van der Waals surface area contributed by atoms with Gasteiger partial charge in [-0.3, -0.25) is 10.3 Å². The van der Waals surface area contributed by atoms with E-state index >= 15 is 0 Å². The Balaban J connectivity index is 2.02. The van der Waals surface area contributed by atoms with Crippen LogP contribution in [0.4, 0.5) is 19.3 Å². The summed E-state index contributed by atoms with van der Waals surface area (Å²) in [7, 11) is 0. The van der Waals surface area contributed by atoms with Crippen molar-refractivity contribution in [2.45, 2.75) is 38.0 Å². The SMILES string of the molecule is CC(C)(C)[S@@+]([O-])N[C@@H](Cc1cc(F)cc(F)c1)c1ncccc1-c1ccc(NC(=O)O)cc1. The van der Waals surface area contributed by atoms with Crippen molar-refractivity contribution in [2.24, 2.45) is 0 Å². The number of halogens is 2. The smallest absolute Gasteiger partial charge is 0.409 e. The first-order valence-electron chi connectivity index (χ1n) is 10.2. The van der Waals surface area contributed by atoms with Crippen LogP contribution in [0.15, 0.2) is 60.8 Å². The van der Waals surface area contributed by atoms with Gasteiger partial charge >= 0.3 is 6.09 Å². The van der Waals surface area contributed by atoms with E-state index in [2.05, 4.69) is 15.0 Å². The number of benzene rings is 2. The largest absolute Gasteiger partial charge is 0.598 e. The zero-order valence-electron chi connectivity index (χ0n) is 18.4. The van der Waals surface area contributed by atoms with Gasteiger partial charge in [0, 0.05) is 34.9 Å². The molecule has 0 bridgehead atoms. The molecule has 0 aliphatic rings. The summed E-state index contributed by atoms with van der Waals surface area (Å²) in [6.07, 6.45) is 0.584. The third-order valence-corrected chi connectivity index (χ3v) is 6.39. The highest BCUT2D eigenvalue weighted by Crippen LogP contribution is 2.31. The lowest BCUT2D eigenvalue weighted by molar-refractivity contribution is 0.209. The van der Waals surface area contributed by atoms with Gasteiger partial charge in [0.2, 0.25) is 0 Å². The molecular weight excluding hydrogens is 448 g/mol. The molecule has 1 amide bonds. The van der Waals surface area contributed by atoms with Gasteiger partial charge in [-0.25, -0.2) is 13.6 Å². The Bertz CT molecular complexity index is 1100. The number of pyridine rings is 1. The number of carboxylic acid groups (broad SMARTS) is 1. The van der Waals surface area contributed by atoms with Crippen molar-refractivity contribution in [1.82, 2.24) is 9.71 Å². The second kappa shape index (κ2) is 10.3. The zero-order valence-corrected chi connectivity index (χ0v) is 19.2. The predicted molar refractivity (Wildman–Crippen MR) is 125 cm³/mol. The van der Waals surface area contributed by atoms with Gasteiger partial charge in [0.25, 0.3) is 0 Å². The maximum absolute atomic E-state index is 13.8. The number of carbonyl (C=O) groups is 1. The van der Waals surface area contributed by atoms with Crippen LogP contribution in [-0.4, -0.2) is 25.5 Å². The average Bonchev–Trinajstić information content (AvgIpc) is 2.72. The van der Waals surface area contributed by atoms with Gasteiger partial charge in [-0.2, -0.15) is 0 Å². The predicted octanol–water partition coefficient (Wildman–Crippen LogP) is 5.45. The summed E-state index contributed by atoms with van der Waals surface area (Å²) in [5.41, 5.74) is 2.84. The van der Waals surface area contributed by atoms with Gasteiger partial charge in [-0.15, -0.1) is 4.72 Å². The molecule has 0 aliphatic carbocycles. The standard InChI is InChI=1S/C24H25F2N3O3S/c1-24(2,3)33(32)29-21(13-15-11-17(25)14-18(26)12-15)22-20(5-4-10-27-22)16-6-8-19(9-7-16)28-23(30)31/h4-12,14,21,28-29H,13H2,1-3H3,(H,30,31)/t21-,33+/m0/s1. The van der Waals surface area contributed by atoms with E-state index in [0.717, 1.165) is 17.2 Å². The first kappa shape index (κ1) is 24.6.